The van der Waals surface area contributed by atoms with Gasteiger partial charge in [-0.2, -0.15) is 13.2 Å². The van der Waals surface area contributed by atoms with Gasteiger partial charge in [0.05, 0.1) is 35.6 Å². The number of halogens is 3. The van der Waals surface area contributed by atoms with Crippen LogP contribution in [-0.2, 0) is 10.0 Å². The van der Waals surface area contributed by atoms with Gasteiger partial charge in [-0.25, -0.2) is 23.1 Å². The van der Waals surface area contributed by atoms with Crippen LogP contribution in [0.25, 0.3) is 16.7 Å². The van der Waals surface area contributed by atoms with Crippen LogP contribution in [0, 0.1) is 5.92 Å². The Bertz CT molecular complexity index is 1090. The molecule has 4 rings (SSSR count). The molecule has 152 valence electrons. The molecule has 28 heavy (non-hydrogen) atoms. The summed E-state index contributed by atoms with van der Waals surface area (Å²) < 4.78 is 64.7. The lowest BCUT2D eigenvalue weighted by atomic mass is 10.0. The summed E-state index contributed by atoms with van der Waals surface area (Å²) in [5.41, 5.74) is 2.58. The van der Waals surface area contributed by atoms with E-state index < -0.39 is 28.4 Å². The molecular weight excluding hydrogens is 395 g/mol. The number of aromatic nitrogens is 4. The second-order valence-electron chi connectivity index (χ2n) is 7.25. The molecule has 0 amide bonds. The van der Waals surface area contributed by atoms with Crippen molar-refractivity contribution in [3.63, 3.8) is 0 Å². The molecule has 0 bridgehead atoms. The van der Waals surface area contributed by atoms with Crippen LogP contribution in [0.4, 0.5) is 13.2 Å². The number of alkyl halides is 3. The fourth-order valence-corrected chi connectivity index (χ4v) is 4.98. The Morgan fingerprint density at radius 2 is 2.04 bits per heavy atom. The van der Waals surface area contributed by atoms with Gasteiger partial charge < -0.3 is 4.98 Å². The van der Waals surface area contributed by atoms with Crippen LogP contribution in [-0.4, -0.2) is 46.2 Å². The van der Waals surface area contributed by atoms with E-state index in [1.807, 2.05) is 12.3 Å². The number of H-pyrrole nitrogens is 1. The van der Waals surface area contributed by atoms with E-state index in [-0.39, 0.29) is 18.4 Å². The monoisotopic (exact) mass is 415 g/mol. The molecule has 11 heteroatoms. The summed E-state index contributed by atoms with van der Waals surface area (Å²) >= 11 is 0. The van der Waals surface area contributed by atoms with Crippen LogP contribution in [0.2, 0.25) is 0 Å². The van der Waals surface area contributed by atoms with E-state index in [1.165, 1.54) is 0 Å². The maximum atomic E-state index is 12.2. The minimum absolute atomic E-state index is 0.0709. The van der Waals surface area contributed by atoms with Crippen molar-refractivity contribution in [2.75, 3.05) is 12.3 Å². The lowest BCUT2D eigenvalue weighted by Gasteiger charge is -2.13. The van der Waals surface area contributed by atoms with Crippen LogP contribution in [0.3, 0.4) is 0 Å². The number of hydrogen-bond donors (Lipinski definition) is 2. The van der Waals surface area contributed by atoms with Crippen molar-refractivity contribution >= 4 is 26.7 Å². The number of hydrogen-bond acceptors (Lipinski definition) is 4. The van der Waals surface area contributed by atoms with Crippen LogP contribution in [0.15, 0.2) is 24.7 Å². The summed E-state index contributed by atoms with van der Waals surface area (Å²) in [6, 6.07) is 1.93. The molecule has 2 N–H and O–H groups in total. The fraction of sp³-hybridized carbons (Fsp3) is 0.529. The van der Waals surface area contributed by atoms with E-state index in [0.717, 1.165) is 41.8 Å². The molecular formula is C17H20F3N5O2S. The van der Waals surface area contributed by atoms with Gasteiger partial charge in [-0.3, -0.25) is 4.40 Å². The van der Waals surface area contributed by atoms with E-state index in [4.69, 9.17) is 0 Å². The summed E-state index contributed by atoms with van der Waals surface area (Å²) in [5, 5.41) is 0. The molecule has 3 aromatic rings. The molecule has 0 radical (unpaired) electrons. The Morgan fingerprint density at radius 1 is 1.25 bits per heavy atom. The summed E-state index contributed by atoms with van der Waals surface area (Å²) in [6.07, 6.45) is 1.89. The largest absolute Gasteiger partial charge is 0.390 e. The zero-order valence-electron chi connectivity index (χ0n) is 14.9. The van der Waals surface area contributed by atoms with Gasteiger partial charge in [-0.1, -0.05) is 0 Å². The predicted molar refractivity (Wildman–Crippen MR) is 97.4 cm³/mol. The van der Waals surface area contributed by atoms with Gasteiger partial charge in [-0.05, 0) is 31.2 Å². The molecule has 0 saturated heterocycles. The summed E-state index contributed by atoms with van der Waals surface area (Å²) in [7, 11) is -3.93. The van der Waals surface area contributed by atoms with Crippen LogP contribution in [0.1, 0.15) is 37.4 Å². The van der Waals surface area contributed by atoms with Gasteiger partial charge in [0.15, 0.2) is 5.65 Å². The Kier molecular flexibility index (Phi) is 4.82. The number of nitrogens with one attached hydrogen (secondary N) is 2. The van der Waals surface area contributed by atoms with Crippen molar-refractivity contribution in [2.45, 2.75) is 37.8 Å². The zero-order valence-corrected chi connectivity index (χ0v) is 15.7. The van der Waals surface area contributed by atoms with Crippen molar-refractivity contribution in [1.82, 2.24) is 24.1 Å². The second kappa shape index (κ2) is 7.03. The fourth-order valence-electron chi connectivity index (χ4n) is 3.85. The van der Waals surface area contributed by atoms with Gasteiger partial charge in [0.25, 0.3) is 0 Å². The van der Waals surface area contributed by atoms with Crippen molar-refractivity contribution < 1.29 is 21.6 Å². The minimum atomic E-state index is -4.48. The number of fused-ring (bicyclic) bond motifs is 3. The van der Waals surface area contributed by atoms with Gasteiger partial charge in [0, 0.05) is 18.7 Å². The molecule has 1 aliphatic carbocycles. The maximum Gasteiger partial charge on any atom is 0.390 e. The first-order chi connectivity index (χ1) is 13.2. The number of aromatic amines is 1. The average molecular weight is 415 g/mol. The van der Waals surface area contributed by atoms with E-state index >= 15 is 0 Å². The maximum absolute atomic E-state index is 12.2. The number of imidazole rings is 1. The molecule has 1 aliphatic rings. The second-order valence-corrected chi connectivity index (χ2v) is 9.18. The molecule has 3 aromatic heterocycles. The van der Waals surface area contributed by atoms with Crippen molar-refractivity contribution in [2.24, 2.45) is 5.92 Å². The Balaban J connectivity index is 1.42. The zero-order chi connectivity index (χ0) is 19.9. The van der Waals surface area contributed by atoms with Crippen LogP contribution in [0.5, 0.6) is 0 Å². The summed E-state index contributed by atoms with van der Waals surface area (Å²) in [4.78, 5) is 12.0. The lowest BCUT2D eigenvalue weighted by Crippen LogP contribution is -2.32. The highest BCUT2D eigenvalue weighted by molar-refractivity contribution is 7.89. The number of nitrogens with zero attached hydrogens (tertiary/aromatic N) is 3. The number of rotatable bonds is 6. The highest BCUT2D eigenvalue weighted by Crippen LogP contribution is 2.38. The van der Waals surface area contributed by atoms with Crippen molar-refractivity contribution in [3.05, 3.63) is 30.5 Å². The normalized spacial score (nSPS) is 21.1. The molecule has 7 nitrogen and oxygen atoms in total. The minimum Gasteiger partial charge on any atom is -0.345 e. The molecule has 1 saturated carbocycles. The lowest BCUT2D eigenvalue weighted by molar-refractivity contribution is -0.129. The van der Waals surface area contributed by atoms with Gasteiger partial charge in [-0.15, -0.1) is 0 Å². The number of sulfonamides is 1. The Morgan fingerprint density at radius 3 is 2.82 bits per heavy atom. The van der Waals surface area contributed by atoms with Crippen LogP contribution >= 0.6 is 0 Å². The molecule has 0 aromatic carbocycles. The first kappa shape index (κ1) is 19.2. The molecule has 0 spiro atoms. The SMILES string of the molecule is O=S(=O)(CCC(F)(F)F)NC[C@H]1CC[C@@H](c2ncc3cnc4[nH]ccc4n23)C1. The third-order valence-electron chi connectivity index (χ3n) is 5.24. The Hall–Kier alpha value is -2.14. The highest BCUT2D eigenvalue weighted by Gasteiger charge is 2.32. The standard InChI is InChI=1S/C17H20F3N5O2S/c18-17(19,20)4-6-28(26,27)24-8-11-1-2-12(7-11)16-23-10-13-9-22-15-14(25(13)16)3-5-21-15/h3,5,9-12,21,24H,1-2,4,6-8H2/t11-,12+/m0/s1. The van der Waals surface area contributed by atoms with Gasteiger partial charge >= 0.3 is 6.18 Å². The van der Waals surface area contributed by atoms with E-state index in [9.17, 15) is 21.6 Å². The average Bonchev–Trinajstić information content (AvgIpc) is 3.34. The van der Waals surface area contributed by atoms with E-state index in [1.54, 1.807) is 12.4 Å². The quantitative estimate of drug-likeness (QED) is 0.648. The molecule has 0 unspecified atom stereocenters. The van der Waals surface area contributed by atoms with E-state index in [2.05, 4.69) is 24.1 Å². The predicted octanol–water partition coefficient (Wildman–Crippen LogP) is 2.97. The van der Waals surface area contributed by atoms with Crippen molar-refractivity contribution in [3.8, 4) is 0 Å². The summed E-state index contributed by atoms with van der Waals surface area (Å²) in [6.45, 7) is 0.154. The Labute approximate surface area is 159 Å². The third kappa shape index (κ3) is 4.00. The van der Waals surface area contributed by atoms with Crippen molar-refractivity contribution in [1.29, 1.82) is 0 Å². The van der Waals surface area contributed by atoms with Crippen LogP contribution < -0.4 is 4.72 Å². The van der Waals surface area contributed by atoms with Gasteiger partial charge in [0.1, 0.15) is 5.82 Å². The smallest absolute Gasteiger partial charge is 0.345 e. The van der Waals surface area contributed by atoms with Gasteiger partial charge in [0.2, 0.25) is 10.0 Å². The molecule has 3 heterocycles. The topological polar surface area (TPSA) is 92.2 Å². The van der Waals surface area contributed by atoms with E-state index in [0.29, 0.717) is 0 Å². The molecule has 2 atom stereocenters. The first-order valence-corrected chi connectivity index (χ1v) is 10.7. The third-order valence-corrected chi connectivity index (χ3v) is 6.59. The molecule has 1 fully saturated rings. The first-order valence-electron chi connectivity index (χ1n) is 9.05. The highest BCUT2D eigenvalue weighted by atomic mass is 32.2. The summed E-state index contributed by atoms with van der Waals surface area (Å²) in [5.74, 6) is 0.203. The molecule has 0 aliphatic heterocycles.